The second-order valence-corrected chi connectivity index (χ2v) is 3.31. The van der Waals surface area contributed by atoms with Crippen LogP contribution in [0.1, 0.15) is 38.4 Å². The van der Waals surface area contributed by atoms with Gasteiger partial charge in [0.1, 0.15) is 5.75 Å². The van der Waals surface area contributed by atoms with Gasteiger partial charge in [0.05, 0.1) is 12.7 Å². The Balaban J connectivity index is 2.79. The summed E-state index contributed by atoms with van der Waals surface area (Å²) >= 11 is 0. The van der Waals surface area contributed by atoms with Crippen LogP contribution in [0.5, 0.6) is 5.75 Å². The lowest BCUT2D eigenvalue weighted by Gasteiger charge is -2.14. The van der Waals surface area contributed by atoms with Gasteiger partial charge >= 0.3 is 0 Å². The van der Waals surface area contributed by atoms with Crippen LogP contribution < -0.4 is 4.74 Å². The number of aliphatic hydroxyl groups is 1. The van der Waals surface area contributed by atoms with Crippen LogP contribution >= 0.6 is 0 Å². The summed E-state index contributed by atoms with van der Waals surface area (Å²) in [6.45, 7) is 4.73. The molecule has 2 heteroatoms. The molecule has 0 unspecified atom stereocenters. The van der Waals surface area contributed by atoms with E-state index in [1.54, 1.807) is 0 Å². The molecule has 0 bridgehead atoms. The molecule has 0 aliphatic carbocycles. The topological polar surface area (TPSA) is 29.5 Å². The summed E-state index contributed by atoms with van der Waals surface area (Å²) < 4.78 is 5.55. The molecule has 1 N–H and O–H groups in total. The molecule has 0 aliphatic rings. The third-order valence-electron chi connectivity index (χ3n) is 2.13. The molecule has 1 rings (SSSR count). The average Bonchev–Trinajstić information content (AvgIpc) is 2.25. The second-order valence-electron chi connectivity index (χ2n) is 3.31. The van der Waals surface area contributed by atoms with Gasteiger partial charge in [0.25, 0.3) is 0 Å². The predicted octanol–water partition coefficient (Wildman–Crippen LogP) is 2.92. The van der Waals surface area contributed by atoms with E-state index in [-0.39, 0.29) is 0 Å². The van der Waals surface area contributed by atoms with Crippen LogP contribution in [0.25, 0.3) is 0 Å². The fraction of sp³-hybridized carbons (Fsp3) is 0.500. The van der Waals surface area contributed by atoms with Crippen molar-refractivity contribution in [3.05, 3.63) is 29.8 Å². The van der Waals surface area contributed by atoms with Crippen LogP contribution in [0.3, 0.4) is 0 Å². The minimum Gasteiger partial charge on any atom is -0.493 e. The lowest BCUT2D eigenvalue weighted by Crippen LogP contribution is -2.02. The zero-order chi connectivity index (χ0) is 10.4. The molecule has 0 saturated heterocycles. The maximum Gasteiger partial charge on any atom is 0.125 e. The van der Waals surface area contributed by atoms with E-state index in [4.69, 9.17) is 4.74 Å². The van der Waals surface area contributed by atoms with E-state index >= 15 is 0 Å². The molecule has 78 valence electrons. The molecule has 0 radical (unpaired) electrons. The third-order valence-corrected chi connectivity index (χ3v) is 2.13. The number of rotatable bonds is 5. The highest BCUT2D eigenvalue weighted by Crippen LogP contribution is 2.26. The second kappa shape index (κ2) is 5.66. The summed E-state index contributed by atoms with van der Waals surface area (Å²) in [5.74, 6) is 0.809. The Morgan fingerprint density at radius 1 is 1.29 bits per heavy atom. The van der Waals surface area contributed by atoms with Gasteiger partial charge in [-0.2, -0.15) is 0 Å². The maximum absolute atomic E-state index is 9.73. The van der Waals surface area contributed by atoms with Crippen molar-refractivity contribution >= 4 is 0 Å². The molecular weight excluding hydrogens is 176 g/mol. The van der Waals surface area contributed by atoms with Gasteiger partial charge in [0.2, 0.25) is 0 Å². The van der Waals surface area contributed by atoms with Gasteiger partial charge in [-0.05, 0) is 18.9 Å². The molecule has 1 atom stereocenters. The van der Waals surface area contributed by atoms with Crippen molar-refractivity contribution in [2.45, 2.75) is 32.8 Å². The molecule has 0 spiro atoms. The largest absolute Gasteiger partial charge is 0.493 e. The SMILES string of the molecule is CCCOc1ccccc1[C@H](O)CC. The average molecular weight is 194 g/mol. The third kappa shape index (κ3) is 2.74. The van der Waals surface area contributed by atoms with E-state index in [1.807, 2.05) is 31.2 Å². The summed E-state index contributed by atoms with van der Waals surface area (Å²) in [7, 11) is 0. The Hall–Kier alpha value is -1.02. The summed E-state index contributed by atoms with van der Waals surface area (Å²) in [5.41, 5.74) is 0.892. The van der Waals surface area contributed by atoms with Crippen LogP contribution in [0.15, 0.2) is 24.3 Å². The Morgan fingerprint density at radius 2 is 2.00 bits per heavy atom. The van der Waals surface area contributed by atoms with Gasteiger partial charge < -0.3 is 9.84 Å². The Bertz CT molecular complexity index is 271. The fourth-order valence-electron chi connectivity index (χ4n) is 1.32. The van der Waals surface area contributed by atoms with Crippen molar-refractivity contribution in [3.8, 4) is 5.75 Å². The van der Waals surface area contributed by atoms with Gasteiger partial charge in [0.15, 0.2) is 0 Å². The molecule has 0 fully saturated rings. The molecular formula is C12H18O2. The maximum atomic E-state index is 9.73. The Kier molecular flexibility index (Phi) is 4.47. The molecule has 1 aromatic rings. The van der Waals surface area contributed by atoms with E-state index in [2.05, 4.69) is 6.92 Å². The minimum atomic E-state index is -0.414. The number of aliphatic hydroxyl groups excluding tert-OH is 1. The zero-order valence-corrected chi connectivity index (χ0v) is 8.86. The highest BCUT2D eigenvalue weighted by atomic mass is 16.5. The Labute approximate surface area is 85.5 Å². The van der Waals surface area contributed by atoms with E-state index < -0.39 is 6.10 Å². The van der Waals surface area contributed by atoms with E-state index in [9.17, 15) is 5.11 Å². The normalized spacial score (nSPS) is 12.5. The molecule has 1 aromatic carbocycles. The van der Waals surface area contributed by atoms with Gasteiger partial charge in [-0.3, -0.25) is 0 Å². The first-order valence-corrected chi connectivity index (χ1v) is 5.19. The first-order chi connectivity index (χ1) is 6.79. The lowest BCUT2D eigenvalue weighted by atomic mass is 10.1. The quantitative estimate of drug-likeness (QED) is 0.781. The van der Waals surface area contributed by atoms with Crippen molar-refractivity contribution in [2.24, 2.45) is 0 Å². The summed E-state index contributed by atoms with van der Waals surface area (Å²) in [4.78, 5) is 0. The van der Waals surface area contributed by atoms with Crippen LogP contribution in [0.4, 0.5) is 0 Å². The van der Waals surface area contributed by atoms with Crippen molar-refractivity contribution in [1.29, 1.82) is 0 Å². The van der Waals surface area contributed by atoms with Gasteiger partial charge in [-0.25, -0.2) is 0 Å². The monoisotopic (exact) mass is 194 g/mol. The van der Waals surface area contributed by atoms with Crippen LogP contribution in [0.2, 0.25) is 0 Å². The number of hydrogen-bond acceptors (Lipinski definition) is 2. The van der Waals surface area contributed by atoms with Gasteiger partial charge in [-0.1, -0.05) is 32.0 Å². The molecule has 14 heavy (non-hydrogen) atoms. The number of ether oxygens (including phenoxy) is 1. The molecule has 0 aliphatic heterocycles. The Morgan fingerprint density at radius 3 is 2.64 bits per heavy atom. The van der Waals surface area contributed by atoms with Crippen molar-refractivity contribution in [1.82, 2.24) is 0 Å². The molecule has 0 saturated carbocycles. The zero-order valence-electron chi connectivity index (χ0n) is 8.86. The standard InChI is InChI=1S/C12H18O2/c1-3-9-14-12-8-6-5-7-10(12)11(13)4-2/h5-8,11,13H,3-4,9H2,1-2H3/t11-/m1/s1. The first kappa shape index (κ1) is 11.1. The van der Waals surface area contributed by atoms with Crippen LogP contribution in [-0.4, -0.2) is 11.7 Å². The van der Waals surface area contributed by atoms with E-state index in [0.29, 0.717) is 13.0 Å². The van der Waals surface area contributed by atoms with Crippen molar-refractivity contribution in [3.63, 3.8) is 0 Å². The number of para-hydroxylation sites is 1. The smallest absolute Gasteiger partial charge is 0.125 e. The summed E-state index contributed by atoms with van der Waals surface area (Å²) in [5, 5.41) is 9.73. The fourth-order valence-corrected chi connectivity index (χ4v) is 1.32. The van der Waals surface area contributed by atoms with Crippen molar-refractivity contribution < 1.29 is 9.84 Å². The van der Waals surface area contributed by atoms with E-state index in [1.165, 1.54) is 0 Å². The van der Waals surface area contributed by atoms with Gasteiger partial charge in [-0.15, -0.1) is 0 Å². The van der Waals surface area contributed by atoms with E-state index in [0.717, 1.165) is 17.7 Å². The minimum absolute atomic E-state index is 0.414. The molecule has 0 heterocycles. The number of hydrogen-bond donors (Lipinski definition) is 1. The number of benzene rings is 1. The first-order valence-electron chi connectivity index (χ1n) is 5.19. The lowest BCUT2D eigenvalue weighted by molar-refractivity contribution is 0.167. The molecule has 2 nitrogen and oxygen atoms in total. The summed E-state index contributed by atoms with van der Waals surface area (Å²) in [6.07, 6.45) is 1.28. The van der Waals surface area contributed by atoms with Gasteiger partial charge in [0, 0.05) is 5.56 Å². The highest BCUT2D eigenvalue weighted by molar-refractivity contribution is 5.34. The van der Waals surface area contributed by atoms with Crippen LogP contribution in [0, 0.1) is 0 Å². The molecule has 0 amide bonds. The summed E-state index contributed by atoms with van der Waals surface area (Å²) in [6, 6.07) is 7.67. The predicted molar refractivity (Wildman–Crippen MR) is 57.5 cm³/mol. The van der Waals surface area contributed by atoms with Crippen LogP contribution in [-0.2, 0) is 0 Å². The molecule has 0 aromatic heterocycles. The van der Waals surface area contributed by atoms with Crippen molar-refractivity contribution in [2.75, 3.05) is 6.61 Å². The highest BCUT2D eigenvalue weighted by Gasteiger charge is 2.10.